The number of hydrogen-bond donors (Lipinski definition) is 1. The zero-order valence-electron chi connectivity index (χ0n) is 11.3. The Bertz CT molecular complexity index is 383. The van der Waals surface area contributed by atoms with E-state index < -0.39 is 5.60 Å². The molecule has 1 aliphatic rings. The average Bonchev–Trinajstić information content (AvgIpc) is 2.32. The molecular formula is C16H23BrO. The first-order valence-corrected chi connectivity index (χ1v) is 7.73. The van der Waals surface area contributed by atoms with Gasteiger partial charge < -0.3 is 5.11 Å². The van der Waals surface area contributed by atoms with Crippen molar-refractivity contribution in [3.63, 3.8) is 0 Å². The van der Waals surface area contributed by atoms with Gasteiger partial charge >= 0.3 is 0 Å². The Balaban J connectivity index is 2.03. The van der Waals surface area contributed by atoms with Crippen molar-refractivity contribution < 1.29 is 5.11 Å². The number of hydrogen-bond acceptors (Lipinski definition) is 1. The van der Waals surface area contributed by atoms with Crippen molar-refractivity contribution >= 4 is 15.9 Å². The Morgan fingerprint density at radius 1 is 1.28 bits per heavy atom. The second kappa shape index (κ2) is 5.75. The van der Waals surface area contributed by atoms with Crippen LogP contribution in [0.25, 0.3) is 0 Å². The van der Waals surface area contributed by atoms with E-state index in [1.54, 1.807) is 0 Å². The zero-order chi connectivity index (χ0) is 13.2. The van der Waals surface area contributed by atoms with Crippen molar-refractivity contribution in [1.82, 2.24) is 0 Å². The van der Waals surface area contributed by atoms with Gasteiger partial charge in [0.2, 0.25) is 0 Å². The summed E-state index contributed by atoms with van der Waals surface area (Å²) in [6.07, 6.45) is 5.70. The van der Waals surface area contributed by atoms with Crippen molar-refractivity contribution in [3.8, 4) is 0 Å². The molecule has 1 fully saturated rings. The third-order valence-corrected chi connectivity index (χ3v) is 4.82. The minimum Gasteiger partial charge on any atom is -0.390 e. The molecule has 1 saturated carbocycles. The van der Waals surface area contributed by atoms with E-state index in [-0.39, 0.29) is 0 Å². The van der Waals surface area contributed by atoms with Crippen LogP contribution in [0.2, 0.25) is 0 Å². The molecule has 2 heteroatoms. The molecule has 0 bridgehead atoms. The molecule has 1 aliphatic carbocycles. The van der Waals surface area contributed by atoms with E-state index >= 15 is 0 Å². The summed E-state index contributed by atoms with van der Waals surface area (Å²) < 4.78 is 1.09. The van der Waals surface area contributed by atoms with E-state index in [4.69, 9.17) is 0 Å². The van der Waals surface area contributed by atoms with Gasteiger partial charge in [0.25, 0.3) is 0 Å². The number of aliphatic hydroxyl groups is 1. The largest absolute Gasteiger partial charge is 0.390 e. The SMILES string of the molecule is CC1CCCC(C(C)(O)Cc2ccc(Br)cc2)C1. The smallest absolute Gasteiger partial charge is 0.0688 e. The third kappa shape index (κ3) is 3.58. The van der Waals surface area contributed by atoms with E-state index in [2.05, 4.69) is 47.1 Å². The van der Waals surface area contributed by atoms with Crippen LogP contribution in [0.1, 0.15) is 45.1 Å². The van der Waals surface area contributed by atoms with E-state index in [9.17, 15) is 5.11 Å². The van der Waals surface area contributed by atoms with Crippen LogP contribution < -0.4 is 0 Å². The minimum absolute atomic E-state index is 0.449. The lowest BCUT2D eigenvalue weighted by Crippen LogP contribution is -2.39. The van der Waals surface area contributed by atoms with Crippen molar-refractivity contribution in [2.24, 2.45) is 11.8 Å². The van der Waals surface area contributed by atoms with E-state index in [1.165, 1.54) is 31.2 Å². The molecule has 1 aromatic carbocycles. The van der Waals surface area contributed by atoms with Crippen LogP contribution in [-0.4, -0.2) is 10.7 Å². The lowest BCUT2D eigenvalue weighted by Gasteiger charge is -2.38. The molecule has 0 heterocycles. The number of benzene rings is 1. The Labute approximate surface area is 119 Å². The second-order valence-corrected chi connectivity index (χ2v) is 7.04. The summed E-state index contributed by atoms with van der Waals surface area (Å²) in [6, 6.07) is 8.30. The zero-order valence-corrected chi connectivity index (χ0v) is 12.9. The standard InChI is InChI=1S/C16H23BrO/c1-12-4-3-5-14(10-12)16(2,18)11-13-6-8-15(17)9-7-13/h6-9,12,14,18H,3-5,10-11H2,1-2H3. The van der Waals surface area contributed by atoms with Gasteiger partial charge in [-0.25, -0.2) is 0 Å². The Hall–Kier alpha value is -0.340. The monoisotopic (exact) mass is 310 g/mol. The van der Waals surface area contributed by atoms with Gasteiger partial charge in [0.1, 0.15) is 0 Å². The van der Waals surface area contributed by atoms with Crippen molar-refractivity contribution in [1.29, 1.82) is 0 Å². The predicted molar refractivity (Wildman–Crippen MR) is 79.6 cm³/mol. The van der Waals surface area contributed by atoms with Crippen LogP contribution in [-0.2, 0) is 6.42 Å². The lowest BCUT2D eigenvalue weighted by atomic mass is 9.72. The molecule has 1 aromatic rings. The second-order valence-electron chi connectivity index (χ2n) is 6.13. The molecular weight excluding hydrogens is 288 g/mol. The average molecular weight is 311 g/mol. The molecule has 3 atom stereocenters. The van der Waals surface area contributed by atoms with Gasteiger partial charge in [-0.15, -0.1) is 0 Å². The fraction of sp³-hybridized carbons (Fsp3) is 0.625. The summed E-state index contributed by atoms with van der Waals surface area (Å²) in [7, 11) is 0. The quantitative estimate of drug-likeness (QED) is 0.867. The Kier molecular flexibility index (Phi) is 4.50. The maximum atomic E-state index is 10.8. The van der Waals surface area contributed by atoms with Gasteiger partial charge in [-0.3, -0.25) is 0 Å². The van der Waals surface area contributed by atoms with Crippen LogP contribution in [0.3, 0.4) is 0 Å². The molecule has 0 aromatic heterocycles. The summed E-state index contributed by atoms with van der Waals surface area (Å²) in [5.41, 5.74) is 0.657. The molecule has 0 saturated heterocycles. The summed E-state index contributed by atoms with van der Waals surface area (Å²) in [4.78, 5) is 0. The van der Waals surface area contributed by atoms with Gasteiger partial charge in [-0.2, -0.15) is 0 Å². The number of halogens is 1. The fourth-order valence-electron chi connectivity index (χ4n) is 3.16. The van der Waals surface area contributed by atoms with E-state index in [0.717, 1.165) is 16.8 Å². The molecule has 100 valence electrons. The molecule has 3 unspecified atom stereocenters. The van der Waals surface area contributed by atoms with Gasteiger partial charge in [0.15, 0.2) is 0 Å². The molecule has 0 amide bonds. The summed E-state index contributed by atoms with van der Waals surface area (Å²) >= 11 is 3.45. The first-order chi connectivity index (χ1) is 8.47. The van der Waals surface area contributed by atoms with Crippen LogP contribution in [0.15, 0.2) is 28.7 Å². The fourth-order valence-corrected chi connectivity index (χ4v) is 3.42. The van der Waals surface area contributed by atoms with Crippen LogP contribution in [0.4, 0.5) is 0 Å². The molecule has 1 nitrogen and oxygen atoms in total. The summed E-state index contributed by atoms with van der Waals surface area (Å²) in [6.45, 7) is 4.32. The highest BCUT2D eigenvalue weighted by Crippen LogP contribution is 2.37. The molecule has 0 aliphatic heterocycles. The van der Waals surface area contributed by atoms with Crippen LogP contribution in [0, 0.1) is 11.8 Å². The highest BCUT2D eigenvalue weighted by atomic mass is 79.9. The molecule has 0 spiro atoms. The topological polar surface area (TPSA) is 20.2 Å². The summed E-state index contributed by atoms with van der Waals surface area (Å²) in [5.74, 6) is 1.21. The highest BCUT2D eigenvalue weighted by Gasteiger charge is 2.34. The number of rotatable bonds is 3. The Morgan fingerprint density at radius 2 is 1.94 bits per heavy atom. The maximum absolute atomic E-state index is 10.8. The maximum Gasteiger partial charge on any atom is 0.0688 e. The van der Waals surface area contributed by atoms with Gasteiger partial charge in [0.05, 0.1) is 5.60 Å². The molecule has 0 radical (unpaired) electrons. The van der Waals surface area contributed by atoms with Gasteiger partial charge in [-0.1, -0.05) is 47.8 Å². The Morgan fingerprint density at radius 3 is 2.56 bits per heavy atom. The first kappa shape index (κ1) is 14.1. The predicted octanol–water partition coefficient (Wildman–Crippen LogP) is 4.57. The molecule has 18 heavy (non-hydrogen) atoms. The van der Waals surface area contributed by atoms with Crippen LogP contribution in [0.5, 0.6) is 0 Å². The normalized spacial score (nSPS) is 27.8. The van der Waals surface area contributed by atoms with E-state index in [0.29, 0.717) is 5.92 Å². The highest BCUT2D eigenvalue weighted by molar-refractivity contribution is 9.10. The van der Waals surface area contributed by atoms with Gasteiger partial charge in [0, 0.05) is 10.9 Å². The molecule has 2 rings (SSSR count). The molecule has 1 N–H and O–H groups in total. The van der Waals surface area contributed by atoms with Crippen molar-refractivity contribution in [3.05, 3.63) is 34.3 Å². The lowest BCUT2D eigenvalue weighted by molar-refractivity contribution is -0.0238. The van der Waals surface area contributed by atoms with Gasteiger partial charge in [-0.05, 0) is 49.3 Å². The third-order valence-electron chi connectivity index (χ3n) is 4.29. The van der Waals surface area contributed by atoms with Crippen molar-refractivity contribution in [2.75, 3.05) is 0 Å². The van der Waals surface area contributed by atoms with Crippen molar-refractivity contribution in [2.45, 2.75) is 51.6 Å². The van der Waals surface area contributed by atoms with Crippen LogP contribution >= 0.6 is 15.9 Å². The summed E-state index contributed by atoms with van der Waals surface area (Å²) in [5, 5.41) is 10.8. The minimum atomic E-state index is -0.567. The first-order valence-electron chi connectivity index (χ1n) is 6.94. The van der Waals surface area contributed by atoms with E-state index in [1.807, 2.05) is 6.92 Å².